The van der Waals surface area contributed by atoms with Crippen LogP contribution in [0.25, 0.3) is 11.3 Å². The Morgan fingerprint density at radius 1 is 0.750 bits per heavy atom. The van der Waals surface area contributed by atoms with Crippen LogP contribution in [0.15, 0.2) is 36.5 Å². The summed E-state index contributed by atoms with van der Waals surface area (Å²) in [6, 6.07) is 12.1. The number of nitrogens with zero attached hydrogens (tertiary/aromatic N) is 1. The molecule has 0 N–H and O–H groups in total. The van der Waals surface area contributed by atoms with Gasteiger partial charge in [0, 0.05) is 17.2 Å². The van der Waals surface area contributed by atoms with Crippen molar-refractivity contribution in [2.75, 3.05) is 0 Å². The first-order valence-corrected chi connectivity index (χ1v) is 12.9. The minimum Gasteiger partial charge on any atom is -0.201 e. The Hall–Kier alpha value is -1.63. The van der Waals surface area contributed by atoms with Gasteiger partial charge in [0.2, 0.25) is 5.69 Å². The Bertz CT molecular complexity index is 981. The van der Waals surface area contributed by atoms with Crippen molar-refractivity contribution in [1.29, 1.82) is 0 Å². The molecule has 1 aromatic carbocycles. The Labute approximate surface area is 197 Å². The van der Waals surface area contributed by atoms with Gasteiger partial charge in [0.1, 0.15) is 7.05 Å². The molecule has 2 aliphatic rings. The largest absolute Gasteiger partial charge is 0.212 e. The maximum atomic E-state index is 2.48. The van der Waals surface area contributed by atoms with Crippen LogP contribution >= 0.6 is 0 Å². The van der Waals surface area contributed by atoms with Crippen LogP contribution in [0.4, 0.5) is 0 Å². The molecule has 0 aliphatic heterocycles. The number of aromatic nitrogens is 1. The number of rotatable bonds is 3. The lowest BCUT2D eigenvalue weighted by molar-refractivity contribution is -0.661. The molecule has 1 nitrogen and oxygen atoms in total. The highest BCUT2D eigenvalue weighted by molar-refractivity contribution is 5.62. The first kappa shape index (κ1) is 23.5. The van der Waals surface area contributed by atoms with E-state index in [2.05, 4.69) is 104 Å². The average molecular weight is 433 g/mol. The van der Waals surface area contributed by atoms with Gasteiger partial charge in [-0.1, -0.05) is 60.6 Å². The van der Waals surface area contributed by atoms with Gasteiger partial charge >= 0.3 is 0 Å². The van der Waals surface area contributed by atoms with E-state index < -0.39 is 0 Å². The smallest absolute Gasteiger partial charge is 0.201 e. The fourth-order valence-corrected chi connectivity index (χ4v) is 7.07. The summed E-state index contributed by atoms with van der Waals surface area (Å²) in [5.41, 5.74) is 8.67. The zero-order chi connectivity index (χ0) is 23.5. The third kappa shape index (κ3) is 4.17. The van der Waals surface area contributed by atoms with E-state index in [1.807, 2.05) is 0 Å². The second-order valence-corrected chi connectivity index (χ2v) is 13.6. The molecule has 1 aromatic heterocycles. The van der Waals surface area contributed by atoms with Gasteiger partial charge in [-0.05, 0) is 96.3 Å². The van der Waals surface area contributed by atoms with Crippen LogP contribution in [0.1, 0.15) is 110 Å². The standard InChI is InChI=1S/C31H46N/c1-22-20-24(31(8)18-14-28(2,3)15-19-31)11-12-25(22)26-13-10-23(21-32(26)9)27-29(4,5)16-17-30(27,6)7/h10-13,20-21,27H,14-19H2,1-9H3/q+1. The highest BCUT2D eigenvalue weighted by atomic mass is 14.9. The molecule has 1 heteroatoms. The van der Waals surface area contributed by atoms with E-state index in [0.717, 1.165) is 0 Å². The van der Waals surface area contributed by atoms with Crippen LogP contribution < -0.4 is 4.57 Å². The maximum absolute atomic E-state index is 2.48. The molecule has 2 aromatic rings. The molecule has 0 saturated heterocycles. The number of hydrogen-bond donors (Lipinski definition) is 0. The summed E-state index contributed by atoms with van der Waals surface area (Å²) in [5, 5.41) is 0. The highest BCUT2D eigenvalue weighted by Gasteiger charge is 2.48. The summed E-state index contributed by atoms with van der Waals surface area (Å²) in [4.78, 5) is 0. The fraction of sp³-hybridized carbons (Fsp3) is 0.645. The van der Waals surface area contributed by atoms with Crippen LogP contribution in [-0.4, -0.2) is 0 Å². The van der Waals surface area contributed by atoms with E-state index in [4.69, 9.17) is 0 Å². The minimum absolute atomic E-state index is 0.324. The van der Waals surface area contributed by atoms with Crippen LogP contribution in [0.5, 0.6) is 0 Å². The molecule has 174 valence electrons. The van der Waals surface area contributed by atoms with Crippen molar-refractivity contribution >= 4 is 0 Å². The van der Waals surface area contributed by atoms with E-state index in [0.29, 0.717) is 27.6 Å². The number of benzene rings is 1. The molecule has 0 amide bonds. The van der Waals surface area contributed by atoms with Crippen molar-refractivity contribution in [3.05, 3.63) is 53.2 Å². The molecule has 2 aliphatic carbocycles. The Kier molecular flexibility index (Phi) is 5.67. The van der Waals surface area contributed by atoms with E-state index >= 15 is 0 Å². The van der Waals surface area contributed by atoms with Gasteiger partial charge in [-0.25, -0.2) is 4.57 Å². The van der Waals surface area contributed by atoms with Crippen LogP contribution in [0.2, 0.25) is 0 Å². The van der Waals surface area contributed by atoms with Gasteiger partial charge in [-0.3, -0.25) is 0 Å². The van der Waals surface area contributed by atoms with Gasteiger partial charge in [0.15, 0.2) is 6.20 Å². The normalized spacial score (nSPS) is 23.9. The van der Waals surface area contributed by atoms with Gasteiger partial charge in [0.05, 0.1) is 0 Å². The number of pyridine rings is 1. The van der Waals surface area contributed by atoms with E-state index in [-0.39, 0.29) is 0 Å². The second kappa shape index (κ2) is 7.71. The molecule has 4 rings (SSSR count). The Morgan fingerprint density at radius 2 is 1.34 bits per heavy atom. The van der Waals surface area contributed by atoms with Crippen molar-refractivity contribution in [3.8, 4) is 11.3 Å². The SMILES string of the molecule is Cc1cc(C2(C)CCC(C)(C)CC2)ccc1-c1ccc(C2C(C)(C)CCC2(C)C)c[n+]1C. The molecule has 1 heterocycles. The zero-order valence-corrected chi connectivity index (χ0v) is 22.2. The summed E-state index contributed by atoms with van der Waals surface area (Å²) >= 11 is 0. The van der Waals surface area contributed by atoms with E-state index in [1.54, 1.807) is 0 Å². The summed E-state index contributed by atoms with van der Waals surface area (Å²) in [6.45, 7) is 19.5. The Morgan fingerprint density at radius 3 is 1.88 bits per heavy atom. The second-order valence-electron chi connectivity index (χ2n) is 13.6. The van der Waals surface area contributed by atoms with Gasteiger partial charge < -0.3 is 0 Å². The third-order valence-corrected chi connectivity index (χ3v) is 9.37. The molecule has 2 saturated carbocycles. The van der Waals surface area contributed by atoms with Crippen molar-refractivity contribution in [2.24, 2.45) is 23.3 Å². The number of aryl methyl sites for hydroxylation is 2. The predicted molar refractivity (Wildman–Crippen MR) is 137 cm³/mol. The first-order valence-electron chi connectivity index (χ1n) is 12.9. The molecule has 0 atom stereocenters. The molecule has 0 bridgehead atoms. The van der Waals surface area contributed by atoms with E-state index in [9.17, 15) is 0 Å². The maximum Gasteiger partial charge on any atom is 0.212 e. The Balaban J connectivity index is 1.64. The number of hydrogen-bond acceptors (Lipinski definition) is 0. The van der Waals surface area contributed by atoms with Gasteiger partial charge in [-0.2, -0.15) is 0 Å². The first-order chi connectivity index (χ1) is 14.7. The molecule has 32 heavy (non-hydrogen) atoms. The summed E-state index contributed by atoms with van der Waals surface area (Å²) in [6.07, 6.45) is 10.3. The van der Waals surface area contributed by atoms with Crippen LogP contribution in [-0.2, 0) is 12.5 Å². The molecule has 0 unspecified atom stereocenters. The zero-order valence-electron chi connectivity index (χ0n) is 22.2. The van der Waals surface area contributed by atoms with E-state index in [1.165, 1.54) is 66.5 Å². The van der Waals surface area contributed by atoms with Crippen molar-refractivity contribution in [3.63, 3.8) is 0 Å². The minimum atomic E-state index is 0.324. The molecular formula is C31H46N+. The van der Waals surface area contributed by atoms with Crippen molar-refractivity contribution in [2.45, 2.75) is 105 Å². The summed E-state index contributed by atoms with van der Waals surface area (Å²) in [7, 11) is 2.23. The molecular weight excluding hydrogens is 386 g/mol. The van der Waals surface area contributed by atoms with Crippen molar-refractivity contribution < 1.29 is 4.57 Å². The summed E-state index contributed by atoms with van der Waals surface area (Å²) < 4.78 is 2.37. The third-order valence-electron chi connectivity index (χ3n) is 9.37. The quantitative estimate of drug-likeness (QED) is 0.430. The van der Waals surface area contributed by atoms with Crippen molar-refractivity contribution in [1.82, 2.24) is 0 Å². The molecule has 0 radical (unpaired) electrons. The molecule has 0 spiro atoms. The monoisotopic (exact) mass is 432 g/mol. The van der Waals surface area contributed by atoms with Crippen LogP contribution in [0.3, 0.4) is 0 Å². The lowest BCUT2D eigenvalue weighted by Crippen LogP contribution is -2.34. The van der Waals surface area contributed by atoms with Gasteiger partial charge in [-0.15, -0.1) is 0 Å². The lowest BCUT2D eigenvalue weighted by Gasteiger charge is -2.42. The van der Waals surface area contributed by atoms with Gasteiger partial charge in [0.25, 0.3) is 0 Å². The topological polar surface area (TPSA) is 3.88 Å². The van der Waals surface area contributed by atoms with Crippen LogP contribution in [0, 0.1) is 23.2 Å². The lowest BCUT2D eigenvalue weighted by atomic mass is 9.63. The fourth-order valence-electron chi connectivity index (χ4n) is 7.07. The summed E-state index contributed by atoms with van der Waals surface area (Å²) in [5.74, 6) is 0.606. The highest BCUT2D eigenvalue weighted by Crippen LogP contribution is 2.58. The predicted octanol–water partition coefficient (Wildman–Crippen LogP) is 8.27. The molecule has 2 fully saturated rings. The average Bonchev–Trinajstić information content (AvgIpc) is 2.92.